The van der Waals surface area contributed by atoms with Crippen molar-refractivity contribution in [3.8, 4) is 12.1 Å². The molecule has 3 aliphatic rings. The number of piperazine rings is 1. The number of amides is 2. The number of nitrogens with zero attached hydrogens (tertiary/aromatic N) is 7. The first-order valence-corrected chi connectivity index (χ1v) is 14.9. The Labute approximate surface area is 253 Å². The third-order valence-corrected chi connectivity index (χ3v) is 8.02. The number of hydrogen-bond acceptors (Lipinski definition) is 10. The molecule has 0 aliphatic carbocycles. The van der Waals surface area contributed by atoms with Crippen LogP contribution in [0.1, 0.15) is 56.9 Å². The van der Waals surface area contributed by atoms with Gasteiger partial charge in [-0.15, -0.1) is 0 Å². The van der Waals surface area contributed by atoms with Crippen molar-refractivity contribution in [3.63, 3.8) is 0 Å². The van der Waals surface area contributed by atoms with Gasteiger partial charge in [-0.05, 0) is 52.8 Å². The van der Waals surface area contributed by atoms with E-state index >= 15 is 0 Å². The van der Waals surface area contributed by atoms with Gasteiger partial charge in [-0.25, -0.2) is 9.59 Å². The van der Waals surface area contributed by atoms with Crippen LogP contribution in [0.5, 0.6) is 6.01 Å². The summed E-state index contributed by atoms with van der Waals surface area (Å²) in [6.07, 6.45) is 1.46. The van der Waals surface area contributed by atoms with Crippen LogP contribution in [0.2, 0.25) is 0 Å². The molecule has 0 bridgehead atoms. The molecule has 43 heavy (non-hydrogen) atoms. The van der Waals surface area contributed by atoms with Gasteiger partial charge in [-0.2, -0.15) is 15.2 Å². The summed E-state index contributed by atoms with van der Waals surface area (Å²) in [6, 6.07) is 11.9. The highest BCUT2D eigenvalue weighted by Gasteiger charge is 2.37. The third-order valence-electron chi connectivity index (χ3n) is 8.02. The molecule has 2 atom stereocenters. The normalized spacial score (nSPS) is 20.5. The molecule has 0 unspecified atom stereocenters. The molecule has 2 saturated heterocycles. The van der Waals surface area contributed by atoms with Crippen molar-refractivity contribution in [1.82, 2.24) is 24.7 Å². The highest BCUT2D eigenvalue weighted by Crippen LogP contribution is 2.34. The van der Waals surface area contributed by atoms with Gasteiger partial charge in [-0.1, -0.05) is 30.3 Å². The average molecular weight is 592 g/mol. The topological polar surface area (TPSA) is 124 Å². The first kappa shape index (κ1) is 30.4. The van der Waals surface area contributed by atoms with Gasteiger partial charge in [0.15, 0.2) is 0 Å². The minimum absolute atomic E-state index is 0.144. The number of hydrogen-bond donors (Lipinski definition) is 0. The van der Waals surface area contributed by atoms with Crippen molar-refractivity contribution in [2.45, 2.75) is 77.4 Å². The largest absolute Gasteiger partial charge is 0.462 e. The van der Waals surface area contributed by atoms with Gasteiger partial charge >= 0.3 is 18.2 Å². The third kappa shape index (κ3) is 7.46. The minimum atomic E-state index is -0.627. The van der Waals surface area contributed by atoms with E-state index in [1.165, 1.54) is 0 Å². The molecule has 1 aromatic carbocycles. The second kappa shape index (κ2) is 13.0. The molecule has 2 amide bonds. The maximum Gasteiger partial charge on any atom is 0.410 e. The maximum absolute atomic E-state index is 13.1. The Morgan fingerprint density at radius 2 is 1.84 bits per heavy atom. The van der Waals surface area contributed by atoms with E-state index in [-0.39, 0.29) is 25.6 Å². The zero-order valence-corrected chi connectivity index (χ0v) is 25.5. The van der Waals surface area contributed by atoms with Crippen LogP contribution in [0.4, 0.5) is 15.4 Å². The fraction of sp³-hybridized carbons (Fsp3) is 0.581. The predicted octanol–water partition coefficient (Wildman–Crippen LogP) is 3.94. The fourth-order valence-corrected chi connectivity index (χ4v) is 5.73. The molecule has 230 valence electrons. The van der Waals surface area contributed by atoms with Crippen LogP contribution >= 0.6 is 0 Å². The van der Waals surface area contributed by atoms with Crippen LogP contribution in [0.15, 0.2) is 30.3 Å². The Morgan fingerprint density at radius 1 is 1.05 bits per heavy atom. The van der Waals surface area contributed by atoms with E-state index in [0.717, 1.165) is 30.5 Å². The molecular weight excluding hydrogens is 550 g/mol. The van der Waals surface area contributed by atoms with Gasteiger partial charge in [0.25, 0.3) is 0 Å². The van der Waals surface area contributed by atoms with E-state index in [1.807, 2.05) is 51.1 Å². The second-order valence-corrected chi connectivity index (χ2v) is 12.4. The minimum Gasteiger partial charge on any atom is -0.462 e. The number of fused-ring (bicyclic) bond motifs is 1. The number of carbonyl (C=O) groups is 2. The van der Waals surface area contributed by atoms with Crippen LogP contribution < -0.4 is 9.64 Å². The van der Waals surface area contributed by atoms with Gasteiger partial charge in [0.1, 0.15) is 24.6 Å². The first-order chi connectivity index (χ1) is 20.6. The van der Waals surface area contributed by atoms with Crippen LogP contribution in [-0.2, 0) is 29.2 Å². The fourth-order valence-electron chi connectivity index (χ4n) is 5.73. The Balaban J connectivity index is 1.35. The summed E-state index contributed by atoms with van der Waals surface area (Å²) < 4.78 is 17.4. The van der Waals surface area contributed by atoms with Crippen molar-refractivity contribution in [1.29, 1.82) is 5.26 Å². The maximum atomic E-state index is 13.1. The Hall–Kier alpha value is -4.11. The summed E-state index contributed by atoms with van der Waals surface area (Å²) in [5.41, 5.74) is 1.81. The van der Waals surface area contributed by atoms with Gasteiger partial charge in [0, 0.05) is 31.2 Å². The molecule has 0 N–H and O–H groups in total. The lowest BCUT2D eigenvalue weighted by atomic mass is 10.1. The second-order valence-electron chi connectivity index (χ2n) is 12.4. The van der Waals surface area contributed by atoms with Crippen molar-refractivity contribution < 1.29 is 23.8 Å². The summed E-state index contributed by atoms with van der Waals surface area (Å²) in [4.78, 5) is 43.2. The lowest BCUT2D eigenvalue weighted by molar-refractivity contribution is 0.0240. The molecule has 5 rings (SSSR count). The molecule has 12 nitrogen and oxygen atoms in total. The number of likely N-dealkylation sites (N-methyl/N-ethyl adjacent to an activating group) is 1. The highest BCUT2D eigenvalue weighted by molar-refractivity contribution is 5.71. The molecular formula is C31H41N7O5. The number of ether oxygens (including phenoxy) is 3. The highest BCUT2D eigenvalue weighted by atomic mass is 16.6. The van der Waals surface area contributed by atoms with E-state index in [0.29, 0.717) is 50.3 Å². The summed E-state index contributed by atoms with van der Waals surface area (Å²) in [7, 11) is 2.09. The van der Waals surface area contributed by atoms with E-state index in [2.05, 4.69) is 22.9 Å². The molecule has 0 spiro atoms. The number of aromatic nitrogens is 2. The molecule has 2 aromatic rings. The molecule has 4 heterocycles. The zero-order valence-electron chi connectivity index (χ0n) is 25.5. The number of rotatable bonds is 7. The number of likely N-dealkylation sites (tertiary alicyclic amines) is 1. The van der Waals surface area contributed by atoms with E-state index in [4.69, 9.17) is 24.2 Å². The summed E-state index contributed by atoms with van der Waals surface area (Å²) in [5, 5.41) is 9.61. The Bertz CT molecular complexity index is 1340. The van der Waals surface area contributed by atoms with Crippen molar-refractivity contribution >= 4 is 18.0 Å². The molecule has 1 aromatic heterocycles. The van der Waals surface area contributed by atoms with Crippen LogP contribution in [-0.4, -0.2) is 94.4 Å². The van der Waals surface area contributed by atoms with Gasteiger partial charge in [0.2, 0.25) is 0 Å². The van der Waals surface area contributed by atoms with E-state index in [1.54, 1.807) is 9.80 Å². The molecule has 3 aliphatic heterocycles. The number of nitriles is 1. The molecule has 0 saturated carbocycles. The van der Waals surface area contributed by atoms with Gasteiger partial charge in [-0.3, -0.25) is 4.90 Å². The Kier molecular flexibility index (Phi) is 9.20. The molecule has 0 radical (unpaired) electrons. The van der Waals surface area contributed by atoms with Crippen LogP contribution in [0.3, 0.4) is 0 Å². The van der Waals surface area contributed by atoms with Gasteiger partial charge in [0.05, 0.1) is 37.3 Å². The summed E-state index contributed by atoms with van der Waals surface area (Å²) >= 11 is 0. The van der Waals surface area contributed by atoms with Crippen molar-refractivity contribution in [2.75, 3.05) is 44.7 Å². The smallest absolute Gasteiger partial charge is 0.410 e. The molecule has 2 fully saturated rings. The SMILES string of the molecule is CN1CCC[C@H]1COc1nc2c(c(N3CCN(C(=O)OCc4ccccc4)[C@@H](CC#N)C3)n1)CN(C(=O)OC(C)(C)C)C2. The molecule has 12 heteroatoms. The predicted molar refractivity (Wildman–Crippen MR) is 158 cm³/mol. The van der Waals surface area contributed by atoms with Crippen LogP contribution in [0.25, 0.3) is 0 Å². The van der Waals surface area contributed by atoms with Crippen molar-refractivity contribution in [2.24, 2.45) is 0 Å². The quantitative estimate of drug-likeness (QED) is 0.468. The van der Waals surface area contributed by atoms with E-state index < -0.39 is 23.8 Å². The van der Waals surface area contributed by atoms with Gasteiger partial charge < -0.3 is 28.9 Å². The number of anilines is 1. The number of benzene rings is 1. The summed E-state index contributed by atoms with van der Waals surface area (Å²) in [6.45, 7) is 8.99. The standard InChI is InChI=1S/C31H41N7O5/c1-31(2,3)43-29(39)37-18-25-26(19-37)33-28(41-21-24-11-8-14-35(24)4)34-27(25)36-15-16-38(23(17-36)12-13-32)30(40)42-20-22-9-6-5-7-10-22/h5-7,9-10,23-24H,8,11-12,14-21H2,1-4H3/t23-,24-/m0/s1. The lowest BCUT2D eigenvalue weighted by Gasteiger charge is -2.40. The number of carbonyl (C=O) groups excluding carboxylic acids is 2. The van der Waals surface area contributed by atoms with Crippen molar-refractivity contribution in [3.05, 3.63) is 47.2 Å². The van der Waals surface area contributed by atoms with E-state index in [9.17, 15) is 14.9 Å². The van der Waals surface area contributed by atoms with Crippen LogP contribution in [0, 0.1) is 11.3 Å². The summed E-state index contributed by atoms with van der Waals surface area (Å²) in [5.74, 6) is 0.658. The Morgan fingerprint density at radius 3 is 2.53 bits per heavy atom. The zero-order chi connectivity index (χ0) is 30.6. The average Bonchev–Trinajstić information content (AvgIpc) is 3.60. The lowest BCUT2D eigenvalue weighted by Crippen LogP contribution is -2.55. The monoisotopic (exact) mass is 591 g/mol. The first-order valence-electron chi connectivity index (χ1n) is 14.9.